The Morgan fingerprint density at radius 2 is 2.17 bits per heavy atom. The quantitative estimate of drug-likeness (QED) is 0.623. The van der Waals surface area contributed by atoms with Crippen molar-refractivity contribution >= 4 is 22.9 Å². The summed E-state index contributed by atoms with van der Waals surface area (Å²) in [7, 11) is 1.97. The van der Waals surface area contributed by atoms with Crippen molar-refractivity contribution in [1.82, 2.24) is 14.7 Å². The van der Waals surface area contributed by atoms with Crippen molar-refractivity contribution in [2.75, 3.05) is 26.2 Å². The molecule has 3 heterocycles. The summed E-state index contributed by atoms with van der Waals surface area (Å²) in [6.07, 6.45) is 7.08. The molecule has 7 heteroatoms. The lowest BCUT2D eigenvalue weighted by molar-refractivity contribution is 0.0858. The van der Waals surface area contributed by atoms with Crippen LogP contribution >= 0.6 is 17.0 Å². The van der Waals surface area contributed by atoms with Gasteiger partial charge in [-0.3, -0.25) is 9.67 Å². The van der Waals surface area contributed by atoms with Gasteiger partial charge in [-0.25, -0.2) is 0 Å². The van der Waals surface area contributed by atoms with Crippen LogP contribution in [-0.2, 0) is 11.8 Å². The highest BCUT2D eigenvalue weighted by Gasteiger charge is 2.36. The van der Waals surface area contributed by atoms with E-state index in [1.54, 1.807) is 0 Å². The molecule has 4 rings (SSSR count). The molecule has 0 aromatic carbocycles. The molecule has 0 amide bonds. The molecular weight excluding hydrogens is 370 g/mol. The van der Waals surface area contributed by atoms with Crippen LogP contribution in [0, 0.1) is 17.8 Å². The predicted molar refractivity (Wildman–Crippen MR) is 99.2 cm³/mol. The van der Waals surface area contributed by atoms with Crippen LogP contribution in [0.4, 0.5) is 0 Å². The third kappa shape index (κ3) is 3.61. The first-order valence-electron chi connectivity index (χ1n) is 8.86. The Kier molecular flexibility index (Phi) is 5.49. The molecule has 1 aromatic rings. The molecule has 2 aliphatic heterocycles. The Bertz CT molecular complexity index is 585. The zero-order valence-corrected chi connectivity index (χ0v) is 16.0. The minimum atomic E-state index is 0. The second-order valence-corrected chi connectivity index (χ2v) is 7.25. The van der Waals surface area contributed by atoms with Gasteiger partial charge in [-0.1, -0.05) is 0 Å². The summed E-state index contributed by atoms with van der Waals surface area (Å²) < 4.78 is 7.82. The van der Waals surface area contributed by atoms with E-state index in [0.717, 1.165) is 56.2 Å². The molecular formula is C17H28BrN5O. The fourth-order valence-corrected chi connectivity index (χ4v) is 4.07. The number of ether oxygens (including phenoxy) is 1. The molecule has 1 unspecified atom stereocenters. The normalized spacial score (nSPS) is 30.6. The van der Waals surface area contributed by atoms with Crippen molar-refractivity contribution in [1.29, 1.82) is 0 Å². The first kappa shape index (κ1) is 17.7. The summed E-state index contributed by atoms with van der Waals surface area (Å²) in [5, 5.41) is 4.25. The van der Waals surface area contributed by atoms with E-state index in [2.05, 4.69) is 10.00 Å². The Morgan fingerprint density at radius 3 is 2.88 bits per heavy atom. The van der Waals surface area contributed by atoms with Gasteiger partial charge in [0.15, 0.2) is 5.96 Å². The molecule has 1 aromatic heterocycles. The van der Waals surface area contributed by atoms with Crippen LogP contribution < -0.4 is 5.73 Å². The van der Waals surface area contributed by atoms with E-state index in [1.165, 1.54) is 19.3 Å². The van der Waals surface area contributed by atoms with Crippen LogP contribution in [0.5, 0.6) is 0 Å². The van der Waals surface area contributed by atoms with Gasteiger partial charge in [-0.2, -0.15) is 5.10 Å². The second kappa shape index (κ2) is 7.44. The second-order valence-electron chi connectivity index (χ2n) is 7.25. The molecule has 3 aliphatic rings. The summed E-state index contributed by atoms with van der Waals surface area (Å²) in [4.78, 5) is 6.98. The lowest BCUT2D eigenvalue weighted by atomic mass is 9.99. The van der Waals surface area contributed by atoms with Crippen LogP contribution in [0.25, 0.3) is 0 Å². The van der Waals surface area contributed by atoms with Gasteiger partial charge in [0.25, 0.3) is 0 Å². The minimum absolute atomic E-state index is 0. The van der Waals surface area contributed by atoms with Gasteiger partial charge in [-0.05, 0) is 43.6 Å². The number of guanidine groups is 1. The van der Waals surface area contributed by atoms with Crippen LogP contribution in [0.1, 0.15) is 37.5 Å². The monoisotopic (exact) mass is 397 g/mol. The van der Waals surface area contributed by atoms with Crippen molar-refractivity contribution in [3.05, 3.63) is 18.0 Å². The molecule has 0 radical (unpaired) electrons. The molecule has 2 saturated heterocycles. The number of rotatable bonds is 4. The molecule has 6 nitrogen and oxygen atoms in total. The van der Waals surface area contributed by atoms with Gasteiger partial charge in [0.2, 0.25) is 0 Å². The molecule has 2 N–H and O–H groups in total. The van der Waals surface area contributed by atoms with Crippen LogP contribution in [-0.4, -0.2) is 46.9 Å². The van der Waals surface area contributed by atoms with Crippen molar-refractivity contribution < 1.29 is 4.74 Å². The largest absolute Gasteiger partial charge is 0.372 e. The zero-order valence-electron chi connectivity index (χ0n) is 14.3. The summed E-state index contributed by atoms with van der Waals surface area (Å²) in [5.74, 6) is 2.93. The number of nitrogens with zero attached hydrogens (tertiary/aromatic N) is 4. The van der Waals surface area contributed by atoms with E-state index < -0.39 is 0 Å². The highest BCUT2D eigenvalue weighted by molar-refractivity contribution is 8.93. The fraction of sp³-hybridized carbons (Fsp3) is 0.765. The third-order valence-corrected chi connectivity index (χ3v) is 5.69. The van der Waals surface area contributed by atoms with Gasteiger partial charge in [0.1, 0.15) is 6.10 Å². The van der Waals surface area contributed by atoms with Gasteiger partial charge in [0.05, 0.1) is 5.69 Å². The Morgan fingerprint density at radius 1 is 1.33 bits per heavy atom. The molecule has 0 bridgehead atoms. The SMILES string of the molecule is Br.Cn1nccc1[C@@H]1OCC[C@H]1CN=C(N)N1CCC(C2CC2)C1. The van der Waals surface area contributed by atoms with E-state index in [0.29, 0.717) is 5.92 Å². The highest BCUT2D eigenvalue weighted by Crippen LogP contribution is 2.41. The molecule has 1 aliphatic carbocycles. The number of hydrogen-bond acceptors (Lipinski definition) is 3. The molecule has 24 heavy (non-hydrogen) atoms. The number of aromatic nitrogens is 2. The molecule has 0 spiro atoms. The number of aryl methyl sites for hydroxylation is 1. The van der Waals surface area contributed by atoms with Crippen LogP contribution in [0.15, 0.2) is 17.3 Å². The highest BCUT2D eigenvalue weighted by atomic mass is 79.9. The van der Waals surface area contributed by atoms with Gasteiger partial charge >= 0.3 is 0 Å². The maximum Gasteiger partial charge on any atom is 0.191 e. The van der Waals surface area contributed by atoms with E-state index in [9.17, 15) is 0 Å². The van der Waals surface area contributed by atoms with Crippen LogP contribution in [0.3, 0.4) is 0 Å². The van der Waals surface area contributed by atoms with Gasteiger partial charge in [-0.15, -0.1) is 17.0 Å². The van der Waals surface area contributed by atoms with Gasteiger partial charge in [0, 0.05) is 45.4 Å². The van der Waals surface area contributed by atoms with Gasteiger partial charge < -0.3 is 15.4 Å². The Balaban J connectivity index is 0.00000169. The maximum atomic E-state index is 6.25. The number of likely N-dealkylation sites (tertiary alicyclic amines) is 1. The Hall–Kier alpha value is -1.08. The average molecular weight is 398 g/mol. The number of nitrogens with two attached hydrogens (primary N) is 1. The predicted octanol–water partition coefficient (Wildman–Crippen LogP) is 2.12. The van der Waals surface area contributed by atoms with E-state index in [1.807, 2.05) is 24.0 Å². The number of halogens is 1. The topological polar surface area (TPSA) is 68.7 Å². The van der Waals surface area contributed by atoms with E-state index in [-0.39, 0.29) is 23.1 Å². The first-order valence-corrected chi connectivity index (χ1v) is 8.86. The summed E-state index contributed by atoms with van der Waals surface area (Å²) >= 11 is 0. The lowest BCUT2D eigenvalue weighted by Crippen LogP contribution is -2.36. The average Bonchev–Trinajstić information content (AvgIpc) is 2.96. The molecule has 1 saturated carbocycles. The van der Waals surface area contributed by atoms with Crippen molar-refractivity contribution in [2.24, 2.45) is 35.5 Å². The summed E-state index contributed by atoms with van der Waals surface area (Å²) in [5.41, 5.74) is 7.39. The third-order valence-electron chi connectivity index (χ3n) is 5.69. The minimum Gasteiger partial charge on any atom is -0.372 e. The number of hydrogen-bond donors (Lipinski definition) is 1. The lowest BCUT2D eigenvalue weighted by Gasteiger charge is -2.20. The summed E-state index contributed by atoms with van der Waals surface area (Å²) in [6.45, 7) is 3.71. The zero-order chi connectivity index (χ0) is 15.8. The first-order chi connectivity index (χ1) is 11.2. The summed E-state index contributed by atoms with van der Waals surface area (Å²) in [6, 6.07) is 2.04. The van der Waals surface area contributed by atoms with E-state index in [4.69, 9.17) is 15.5 Å². The van der Waals surface area contributed by atoms with Crippen molar-refractivity contribution in [2.45, 2.75) is 31.8 Å². The molecule has 3 fully saturated rings. The van der Waals surface area contributed by atoms with E-state index >= 15 is 0 Å². The fourth-order valence-electron chi connectivity index (χ4n) is 4.07. The van der Waals surface area contributed by atoms with Crippen LogP contribution in [0.2, 0.25) is 0 Å². The maximum absolute atomic E-state index is 6.25. The Labute approximate surface area is 154 Å². The standard InChI is InChI=1S/C17H27N5O.BrH/c1-21-15(4-7-20-21)16-13(6-9-23-16)10-19-17(18)22-8-5-14(11-22)12-2-3-12;/h4,7,12-14,16H,2-3,5-6,8-11H2,1H3,(H2,18,19);1H/t13-,14?,16+;/m0./s1. The molecule has 134 valence electrons. The van der Waals surface area contributed by atoms with Crippen molar-refractivity contribution in [3.63, 3.8) is 0 Å². The van der Waals surface area contributed by atoms with Crippen molar-refractivity contribution in [3.8, 4) is 0 Å². The molecule has 3 atom stereocenters. The smallest absolute Gasteiger partial charge is 0.191 e. The number of aliphatic imine (C=N–C) groups is 1.